The standard InChI is InChI=1S/C14H16N2O2S/c1-9-6-14(16(3)15-9)19-8-12-7-11(10(2)17)4-5-13(12)18/h4-7,18H,8H2,1-3H3. The first-order valence-electron chi connectivity index (χ1n) is 5.93. The van der Waals surface area contributed by atoms with E-state index in [1.807, 2.05) is 24.7 Å². The van der Waals surface area contributed by atoms with E-state index >= 15 is 0 Å². The van der Waals surface area contributed by atoms with Gasteiger partial charge < -0.3 is 5.11 Å². The molecule has 5 heteroatoms. The topological polar surface area (TPSA) is 55.1 Å². The van der Waals surface area contributed by atoms with Crippen LogP contribution >= 0.6 is 11.8 Å². The number of hydrogen-bond donors (Lipinski definition) is 1. The number of hydrogen-bond acceptors (Lipinski definition) is 4. The van der Waals surface area contributed by atoms with Crippen LogP contribution in [0.3, 0.4) is 0 Å². The Morgan fingerprint density at radius 1 is 1.42 bits per heavy atom. The number of rotatable bonds is 4. The molecule has 2 aromatic rings. The number of nitrogens with zero attached hydrogens (tertiary/aromatic N) is 2. The molecule has 2 rings (SSSR count). The second kappa shape index (κ2) is 5.48. The van der Waals surface area contributed by atoms with E-state index < -0.39 is 0 Å². The molecule has 100 valence electrons. The van der Waals surface area contributed by atoms with Crippen LogP contribution in [0.1, 0.15) is 28.5 Å². The fraction of sp³-hybridized carbons (Fsp3) is 0.286. The summed E-state index contributed by atoms with van der Waals surface area (Å²) in [6.45, 7) is 3.46. The first-order chi connectivity index (χ1) is 8.97. The SMILES string of the molecule is CC(=O)c1ccc(O)c(CSc2cc(C)nn2C)c1. The molecule has 0 aliphatic carbocycles. The molecule has 0 unspecified atom stereocenters. The summed E-state index contributed by atoms with van der Waals surface area (Å²) >= 11 is 1.58. The third-order valence-corrected chi connectivity index (χ3v) is 3.95. The van der Waals surface area contributed by atoms with Crippen molar-refractivity contribution in [1.82, 2.24) is 9.78 Å². The van der Waals surface area contributed by atoms with Crippen LogP contribution in [0.15, 0.2) is 29.3 Å². The predicted octanol–water partition coefficient (Wildman–Crippen LogP) is 2.93. The Labute approximate surface area is 116 Å². The third kappa shape index (κ3) is 3.17. The van der Waals surface area contributed by atoms with Gasteiger partial charge in [-0.05, 0) is 38.1 Å². The summed E-state index contributed by atoms with van der Waals surface area (Å²) in [5.41, 5.74) is 2.35. The van der Waals surface area contributed by atoms with E-state index in [1.165, 1.54) is 6.92 Å². The summed E-state index contributed by atoms with van der Waals surface area (Å²) < 4.78 is 1.81. The molecular formula is C14H16N2O2S. The van der Waals surface area contributed by atoms with Crippen molar-refractivity contribution in [2.45, 2.75) is 24.6 Å². The van der Waals surface area contributed by atoms with Crippen molar-refractivity contribution >= 4 is 17.5 Å². The zero-order valence-corrected chi connectivity index (χ0v) is 12.0. The monoisotopic (exact) mass is 276 g/mol. The van der Waals surface area contributed by atoms with Crippen molar-refractivity contribution < 1.29 is 9.90 Å². The van der Waals surface area contributed by atoms with Crippen LogP contribution in [-0.4, -0.2) is 20.7 Å². The minimum Gasteiger partial charge on any atom is -0.508 e. The lowest BCUT2D eigenvalue weighted by atomic mass is 10.1. The molecule has 0 atom stereocenters. The average molecular weight is 276 g/mol. The molecule has 0 radical (unpaired) electrons. The van der Waals surface area contributed by atoms with E-state index in [1.54, 1.807) is 30.0 Å². The molecule has 0 fully saturated rings. The summed E-state index contributed by atoms with van der Waals surface area (Å²) in [6.07, 6.45) is 0. The number of aromatic nitrogens is 2. The molecule has 0 amide bonds. The molecule has 1 N–H and O–H groups in total. The van der Waals surface area contributed by atoms with E-state index in [0.717, 1.165) is 16.3 Å². The number of Topliss-reactive ketones (excluding diaryl/α,β-unsaturated/α-hetero) is 1. The molecule has 0 saturated heterocycles. The summed E-state index contributed by atoms with van der Waals surface area (Å²) in [4.78, 5) is 11.3. The Morgan fingerprint density at radius 2 is 2.16 bits per heavy atom. The van der Waals surface area contributed by atoms with Gasteiger partial charge in [0, 0.05) is 23.9 Å². The highest BCUT2D eigenvalue weighted by Crippen LogP contribution is 2.28. The number of thioether (sulfide) groups is 1. The number of aryl methyl sites for hydroxylation is 2. The molecule has 1 aromatic carbocycles. The molecule has 0 aliphatic rings. The fourth-order valence-electron chi connectivity index (χ4n) is 1.79. The van der Waals surface area contributed by atoms with E-state index in [2.05, 4.69) is 5.10 Å². The first-order valence-corrected chi connectivity index (χ1v) is 6.92. The van der Waals surface area contributed by atoms with E-state index in [9.17, 15) is 9.90 Å². The van der Waals surface area contributed by atoms with Crippen molar-refractivity contribution in [2.75, 3.05) is 0 Å². The molecule has 1 aromatic heterocycles. The van der Waals surface area contributed by atoms with Crippen LogP contribution in [0, 0.1) is 6.92 Å². The van der Waals surface area contributed by atoms with E-state index in [0.29, 0.717) is 11.3 Å². The quantitative estimate of drug-likeness (QED) is 0.689. The summed E-state index contributed by atoms with van der Waals surface area (Å²) in [6, 6.07) is 6.95. The minimum absolute atomic E-state index is 0.00243. The number of phenolic OH excluding ortho intramolecular Hbond substituents is 1. The van der Waals surface area contributed by atoms with Gasteiger partial charge in [0.25, 0.3) is 0 Å². The van der Waals surface area contributed by atoms with Crippen molar-refractivity contribution in [1.29, 1.82) is 0 Å². The number of carbonyl (C=O) groups excluding carboxylic acids is 1. The number of benzene rings is 1. The largest absolute Gasteiger partial charge is 0.508 e. The maximum Gasteiger partial charge on any atom is 0.159 e. The minimum atomic E-state index is 0.00243. The van der Waals surface area contributed by atoms with Gasteiger partial charge in [-0.15, -0.1) is 11.8 Å². The Kier molecular flexibility index (Phi) is 3.95. The van der Waals surface area contributed by atoms with Gasteiger partial charge in [0.2, 0.25) is 0 Å². The fourth-order valence-corrected chi connectivity index (χ4v) is 2.81. The van der Waals surface area contributed by atoms with Crippen molar-refractivity contribution in [3.63, 3.8) is 0 Å². The lowest BCUT2D eigenvalue weighted by Gasteiger charge is -2.06. The van der Waals surface area contributed by atoms with Crippen LogP contribution < -0.4 is 0 Å². The number of phenols is 1. The maximum atomic E-state index is 11.3. The number of ketones is 1. The molecular weight excluding hydrogens is 260 g/mol. The Balaban J connectivity index is 2.17. The lowest BCUT2D eigenvalue weighted by Crippen LogP contribution is -1.95. The second-order valence-electron chi connectivity index (χ2n) is 4.44. The number of carbonyl (C=O) groups is 1. The van der Waals surface area contributed by atoms with Crippen molar-refractivity contribution in [3.8, 4) is 5.75 Å². The van der Waals surface area contributed by atoms with Gasteiger partial charge in [0.1, 0.15) is 5.75 Å². The van der Waals surface area contributed by atoms with Gasteiger partial charge in [-0.2, -0.15) is 5.10 Å². The molecule has 0 spiro atoms. The second-order valence-corrected chi connectivity index (χ2v) is 5.43. The average Bonchev–Trinajstić information content (AvgIpc) is 2.66. The summed E-state index contributed by atoms with van der Waals surface area (Å²) in [7, 11) is 1.89. The molecule has 0 saturated carbocycles. The molecule has 19 heavy (non-hydrogen) atoms. The normalized spacial score (nSPS) is 10.7. The number of aromatic hydroxyl groups is 1. The van der Waals surface area contributed by atoms with Crippen molar-refractivity contribution in [3.05, 3.63) is 41.1 Å². The van der Waals surface area contributed by atoms with Gasteiger partial charge in [0.05, 0.1) is 10.7 Å². The van der Waals surface area contributed by atoms with Gasteiger partial charge in [0.15, 0.2) is 5.78 Å². The zero-order valence-electron chi connectivity index (χ0n) is 11.2. The van der Waals surface area contributed by atoms with Crippen LogP contribution in [0.25, 0.3) is 0 Å². The van der Waals surface area contributed by atoms with Gasteiger partial charge in [-0.3, -0.25) is 9.48 Å². The van der Waals surface area contributed by atoms with Gasteiger partial charge in [-0.1, -0.05) is 0 Å². The highest BCUT2D eigenvalue weighted by atomic mass is 32.2. The van der Waals surface area contributed by atoms with Gasteiger partial charge in [-0.25, -0.2) is 0 Å². The maximum absolute atomic E-state index is 11.3. The molecule has 1 heterocycles. The molecule has 4 nitrogen and oxygen atoms in total. The van der Waals surface area contributed by atoms with Crippen LogP contribution in [0.4, 0.5) is 0 Å². The first kappa shape index (κ1) is 13.7. The van der Waals surface area contributed by atoms with Crippen LogP contribution in [0.2, 0.25) is 0 Å². The van der Waals surface area contributed by atoms with Crippen molar-refractivity contribution in [2.24, 2.45) is 7.05 Å². The van der Waals surface area contributed by atoms with E-state index in [4.69, 9.17) is 0 Å². The highest BCUT2D eigenvalue weighted by molar-refractivity contribution is 7.98. The molecule has 0 aliphatic heterocycles. The lowest BCUT2D eigenvalue weighted by molar-refractivity contribution is 0.101. The molecule has 0 bridgehead atoms. The zero-order chi connectivity index (χ0) is 14.0. The highest BCUT2D eigenvalue weighted by Gasteiger charge is 2.08. The summed E-state index contributed by atoms with van der Waals surface area (Å²) in [5, 5.41) is 15.1. The Bertz CT molecular complexity index is 620. The Hall–Kier alpha value is -1.75. The smallest absolute Gasteiger partial charge is 0.159 e. The van der Waals surface area contributed by atoms with E-state index in [-0.39, 0.29) is 11.5 Å². The predicted molar refractivity (Wildman–Crippen MR) is 75.6 cm³/mol. The summed E-state index contributed by atoms with van der Waals surface area (Å²) in [5.74, 6) is 0.824. The van der Waals surface area contributed by atoms with Gasteiger partial charge >= 0.3 is 0 Å². The Morgan fingerprint density at radius 3 is 2.74 bits per heavy atom. The van der Waals surface area contributed by atoms with Crippen LogP contribution in [0.5, 0.6) is 5.75 Å². The third-order valence-electron chi connectivity index (χ3n) is 2.82. The van der Waals surface area contributed by atoms with Crippen LogP contribution in [-0.2, 0) is 12.8 Å².